The van der Waals surface area contributed by atoms with Crippen molar-refractivity contribution in [1.82, 2.24) is 14.7 Å². The van der Waals surface area contributed by atoms with Crippen molar-refractivity contribution in [2.75, 3.05) is 6.54 Å². The summed E-state index contributed by atoms with van der Waals surface area (Å²) in [7, 11) is 0. The van der Waals surface area contributed by atoms with Crippen LogP contribution in [0.2, 0.25) is 0 Å². The Morgan fingerprint density at radius 1 is 1.23 bits per heavy atom. The number of aliphatic hydroxyl groups excluding tert-OH is 1. The van der Waals surface area contributed by atoms with Gasteiger partial charge in [-0.25, -0.2) is 0 Å². The summed E-state index contributed by atoms with van der Waals surface area (Å²) in [5, 5.41) is 13.6. The van der Waals surface area contributed by atoms with Gasteiger partial charge in [0, 0.05) is 6.54 Å². The van der Waals surface area contributed by atoms with E-state index in [2.05, 4.69) is 17.2 Å². The van der Waals surface area contributed by atoms with Crippen LogP contribution in [0, 0.1) is 0 Å². The lowest BCUT2D eigenvalue weighted by Crippen LogP contribution is -2.51. The van der Waals surface area contributed by atoms with E-state index in [1.165, 1.54) is 17.5 Å². The van der Waals surface area contributed by atoms with Gasteiger partial charge in [-0.1, -0.05) is 6.07 Å². The van der Waals surface area contributed by atoms with Crippen molar-refractivity contribution < 1.29 is 14.6 Å². The number of hydrogen-bond acceptors (Lipinski definition) is 4. The van der Waals surface area contributed by atoms with E-state index in [9.17, 15) is 9.90 Å². The third kappa shape index (κ3) is 3.09. The second kappa shape index (κ2) is 6.43. The van der Waals surface area contributed by atoms with Crippen LogP contribution in [0.15, 0.2) is 24.3 Å². The summed E-state index contributed by atoms with van der Waals surface area (Å²) in [5.74, 6) is 0.726. The van der Waals surface area contributed by atoms with E-state index in [1.807, 2.05) is 35.6 Å². The number of carbonyl (C=O) groups excluding carboxylic acids is 1. The maximum absolute atomic E-state index is 13.1. The van der Waals surface area contributed by atoms with Crippen molar-refractivity contribution in [3.8, 4) is 5.75 Å². The molecule has 1 N–H and O–H groups in total. The third-order valence-corrected chi connectivity index (χ3v) is 5.26. The van der Waals surface area contributed by atoms with Gasteiger partial charge in [0.25, 0.3) is 5.91 Å². The maximum Gasteiger partial charge on any atom is 0.266 e. The number of nitrogens with zero attached hydrogens (tertiary/aromatic N) is 3. The average molecular weight is 355 g/mol. The Labute approximate surface area is 153 Å². The molecule has 1 aliphatic carbocycles. The van der Waals surface area contributed by atoms with Crippen LogP contribution < -0.4 is 4.74 Å². The minimum absolute atomic E-state index is 0.0315. The minimum Gasteiger partial charge on any atom is -0.478 e. The SMILES string of the molecule is CC(C)(Oc1ccc2c(c1)CCC2)C(=O)N1CCn2nc(CO)cc2C1. The Morgan fingerprint density at radius 3 is 2.85 bits per heavy atom. The van der Waals surface area contributed by atoms with Gasteiger partial charge in [-0.3, -0.25) is 9.48 Å². The minimum atomic E-state index is -0.936. The highest BCUT2D eigenvalue weighted by molar-refractivity contribution is 5.85. The monoisotopic (exact) mass is 355 g/mol. The third-order valence-electron chi connectivity index (χ3n) is 5.26. The summed E-state index contributed by atoms with van der Waals surface area (Å²) in [5.41, 5.74) is 3.38. The van der Waals surface area contributed by atoms with Crippen molar-refractivity contribution in [3.05, 3.63) is 46.8 Å². The summed E-state index contributed by atoms with van der Waals surface area (Å²) < 4.78 is 7.97. The zero-order valence-electron chi connectivity index (χ0n) is 15.4. The lowest BCUT2D eigenvalue weighted by molar-refractivity contribution is -0.147. The summed E-state index contributed by atoms with van der Waals surface area (Å²) >= 11 is 0. The topological polar surface area (TPSA) is 67.6 Å². The van der Waals surface area contributed by atoms with E-state index in [-0.39, 0.29) is 12.5 Å². The lowest BCUT2D eigenvalue weighted by atomic mass is 10.1. The molecule has 0 unspecified atom stereocenters. The Bertz CT molecular complexity index is 841. The highest BCUT2D eigenvalue weighted by Gasteiger charge is 2.36. The van der Waals surface area contributed by atoms with Crippen LogP contribution in [0.5, 0.6) is 5.75 Å². The van der Waals surface area contributed by atoms with Crippen molar-refractivity contribution >= 4 is 5.91 Å². The summed E-state index contributed by atoms with van der Waals surface area (Å²) in [4.78, 5) is 14.9. The first-order chi connectivity index (χ1) is 12.5. The van der Waals surface area contributed by atoms with Crippen LogP contribution in [-0.2, 0) is 37.3 Å². The largest absolute Gasteiger partial charge is 0.478 e. The molecule has 6 heteroatoms. The number of aryl methyl sites for hydroxylation is 2. The van der Waals surface area contributed by atoms with Crippen LogP contribution in [-0.4, -0.2) is 37.8 Å². The Kier molecular flexibility index (Phi) is 4.23. The fourth-order valence-electron chi connectivity index (χ4n) is 3.91. The highest BCUT2D eigenvalue weighted by atomic mass is 16.5. The molecular weight excluding hydrogens is 330 g/mol. The van der Waals surface area contributed by atoms with E-state index >= 15 is 0 Å². The molecule has 1 aromatic heterocycles. The molecule has 0 atom stereocenters. The number of carbonyl (C=O) groups is 1. The molecule has 0 radical (unpaired) electrons. The first-order valence-electron chi connectivity index (χ1n) is 9.23. The number of ether oxygens (including phenoxy) is 1. The number of hydrogen-bond donors (Lipinski definition) is 1. The van der Waals surface area contributed by atoms with Crippen molar-refractivity contribution in [2.45, 2.75) is 58.4 Å². The van der Waals surface area contributed by atoms with Gasteiger partial charge in [0.1, 0.15) is 5.75 Å². The number of aliphatic hydroxyl groups is 1. The van der Waals surface area contributed by atoms with Crippen LogP contribution >= 0.6 is 0 Å². The van der Waals surface area contributed by atoms with Crippen LogP contribution in [0.4, 0.5) is 0 Å². The fourth-order valence-corrected chi connectivity index (χ4v) is 3.91. The molecule has 2 heterocycles. The van der Waals surface area contributed by atoms with Crippen molar-refractivity contribution in [2.24, 2.45) is 0 Å². The first kappa shape index (κ1) is 17.1. The molecule has 1 aromatic carbocycles. The van der Waals surface area contributed by atoms with Gasteiger partial charge in [0.2, 0.25) is 0 Å². The molecule has 0 spiro atoms. The van der Waals surface area contributed by atoms with Crippen molar-refractivity contribution in [1.29, 1.82) is 0 Å². The second-order valence-corrected chi connectivity index (χ2v) is 7.63. The molecular formula is C20H25N3O3. The molecule has 2 aromatic rings. The van der Waals surface area contributed by atoms with E-state index in [0.717, 1.165) is 24.3 Å². The standard InChI is InChI=1S/C20H25N3O3/c1-20(2,26-18-7-6-14-4-3-5-15(14)10-18)19(25)22-8-9-23-17(12-22)11-16(13-24)21-23/h6-7,10-11,24H,3-5,8-9,12-13H2,1-2H3. The second-order valence-electron chi connectivity index (χ2n) is 7.63. The normalized spacial score (nSPS) is 16.3. The Hall–Kier alpha value is -2.34. The predicted octanol–water partition coefficient (Wildman–Crippen LogP) is 2.06. The van der Waals surface area contributed by atoms with Crippen molar-refractivity contribution in [3.63, 3.8) is 0 Å². The Morgan fingerprint density at radius 2 is 2.04 bits per heavy atom. The van der Waals surface area contributed by atoms with E-state index < -0.39 is 5.60 Å². The molecule has 0 fully saturated rings. The van der Waals surface area contributed by atoms with Gasteiger partial charge in [0.05, 0.1) is 31.1 Å². The number of benzene rings is 1. The molecule has 0 saturated heterocycles. The Balaban J connectivity index is 1.48. The molecule has 4 rings (SSSR count). The molecule has 1 amide bonds. The average Bonchev–Trinajstić information content (AvgIpc) is 3.25. The van der Waals surface area contributed by atoms with E-state index in [0.29, 0.717) is 25.3 Å². The van der Waals surface area contributed by atoms with Crippen LogP contribution in [0.3, 0.4) is 0 Å². The summed E-state index contributed by atoms with van der Waals surface area (Å²) in [6.45, 7) is 5.29. The van der Waals surface area contributed by atoms with Gasteiger partial charge in [-0.05, 0) is 62.4 Å². The van der Waals surface area contributed by atoms with Gasteiger partial charge in [-0.15, -0.1) is 0 Å². The van der Waals surface area contributed by atoms with E-state index in [4.69, 9.17) is 4.74 Å². The van der Waals surface area contributed by atoms with Gasteiger partial charge >= 0.3 is 0 Å². The summed E-state index contributed by atoms with van der Waals surface area (Å²) in [6.07, 6.45) is 3.41. The number of rotatable bonds is 4. The molecule has 1 aliphatic heterocycles. The molecule has 0 bridgehead atoms. The van der Waals surface area contributed by atoms with Crippen LogP contribution in [0.1, 0.15) is 42.8 Å². The molecule has 26 heavy (non-hydrogen) atoms. The summed E-state index contributed by atoms with van der Waals surface area (Å²) in [6, 6.07) is 8.02. The first-order valence-corrected chi connectivity index (χ1v) is 9.23. The molecule has 6 nitrogen and oxygen atoms in total. The van der Waals surface area contributed by atoms with Crippen LogP contribution in [0.25, 0.3) is 0 Å². The fraction of sp³-hybridized carbons (Fsp3) is 0.500. The number of amides is 1. The molecule has 0 saturated carbocycles. The quantitative estimate of drug-likeness (QED) is 0.912. The number of fused-ring (bicyclic) bond motifs is 2. The lowest BCUT2D eigenvalue weighted by Gasteiger charge is -2.34. The zero-order valence-corrected chi connectivity index (χ0v) is 15.4. The number of aromatic nitrogens is 2. The van der Waals surface area contributed by atoms with Gasteiger partial charge in [0.15, 0.2) is 5.60 Å². The maximum atomic E-state index is 13.1. The van der Waals surface area contributed by atoms with Gasteiger partial charge in [-0.2, -0.15) is 5.10 Å². The molecule has 2 aliphatic rings. The predicted molar refractivity (Wildman–Crippen MR) is 96.7 cm³/mol. The van der Waals surface area contributed by atoms with E-state index in [1.54, 1.807) is 0 Å². The van der Waals surface area contributed by atoms with Gasteiger partial charge < -0.3 is 14.7 Å². The zero-order chi connectivity index (χ0) is 18.3. The highest BCUT2D eigenvalue weighted by Crippen LogP contribution is 2.29. The smallest absolute Gasteiger partial charge is 0.266 e. The molecule has 138 valence electrons.